The molecule has 4 rings (SSSR count). The average molecular weight is 371 g/mol. The molecule has 6 nitrogen and oxygen atoms in total. The molecule has 0 amide bonds. The topological polar surface area (TPSA) is 55.7 Å². The maximum absolute atomic E-state index is 13.4. The summed E-state index contributed by atoms with van der Waals surface area (Å²) in [4.78, 5) is 15.9. The first kappa shape index (κ1) is 18.1. The van der Waals surface area contributed by atoms with Crippen LogP contribution in [0.5, 0.6) is 0 Å². The number of aromatic nitrogens is 2. The van der Waals surface area contributed by atoms with Crippen LogP contribution in [0.2, 0.25) is 0 Å². The van der Waals surface area contributed by atoms with Gasteiger partial charge in [0.25, 0.3) is 0 Å². The van der Waals surface area contributed by atoms with Crippen molar-refractivity contribution in [2.24, 2.45) is 0 Å². The van der Waals surface area contributed by atoms with Crippen LogP contribution in [0, 0.1) is 5.82 Å². The van der Waals surface area contributed by atoms with Gasteiger partial charge in [-0.2, -0.15) is 4.98 Å². The number of β-amino-alcohol motifs (C(OH)–C–C–N with tert-alkyl or cyclic N) is 1. The number of rotatable bonds is 4. The molecule has 0 bridgehead atoms. The Kier molecular flexibility index (Phi) is 5.50. The van der Waals surface area contributed by atoms with Gasteiger partial charge in [0.05, 0.1) is 6.10 Å². The van der Waals surface area contributed by atoms with Crippen LogP contribution in [0.1, 0.15) is 18.4 Å². The summed E-state index contributed by atoms with van der Waals surface area (Å²) in [6.45, 7) is 5.86. The number of nitrogens with zero attached hydrogens (tertiary/aromatic N) is 5. The summed E-state index contributed by atoms with van der Waals surface area (Å²) in [5.74, 6) is 1.46. The van der Waals surface area contributed by atoms with Crippen LogP contribution in [0.15, 0.2) is 36.5 Å². The highest BCUT2D eigenvalue weighted by Gasteiger charge is 2.23. The van der Waals surface area contributed by atoms with Crippen molar-refractivity contribution >= 4 is 11.8 Å². The van der Waals surface area contributed by atoms with Gasteiger partial charge in [-0.05, 0) is 36.6 Å². The van der Waals surface area contributed by atoms with Crippen molar-refractivity contribution in [2.75, 3.05) is 49.1 Å². The molecule has 1 N–H and O–H groups in total. The molecule has 2 aromatic rings. The maximum Gasteiger partial charge on any atom is 0.227 e. The van der Waals surface area contributed by atoms with E-state index in [2.05, 4.69) is 19.7 Å². The molecule has 1 aromatic carbocycles. The van der Waals surface area contributed by atoms with Crippen LogP contribution in [-0.4, -0.2) is 65.3 Å². The van der Waals surface area contributed by atoms with Crippen molar-refractivity contribution in [3.8, 4) is 0 Å². The van der Waals surface area contributed by atoms with E-state index in [1.165, 1.54) is 6.07 Å². The number of hydrogen-bond donors (Lipinski definition) is 1. The van der Waals surface area contributed by atoms with E-state index in [0.717, 1.165) is 69.4 Å². The molecule has 0 spiro atoms. The molecule has 1 aromatic heterocycles. The van der Waals surface area contributed by atoms with Crippen LogP contribution in [0.3, 0.4) is 0 Å². The normalized spacial score (nSPS) is 21.5. The molecule has 1 atom stereocenters. The first-order valence-corrected chi connectivity index (χ1v) is 9.65. The fourth-order valence-electron chi connectivity index (χ4n) is 3.84. The third-order valence-electron chi connectivity index (χ3n) is 5.28. The van der Waals surface area contributed by atoms with Gasteiger partial charge in [-0.25, -0.2) is 9.37 Å². The van der Waals surface area contributed by atoms with Gasteiger partial charge < -0.3 is 14.9 Å². The Balaban J connectivity index is 1.39. The summed E-state index contributed by atoms with van der Waals surface area (Å²) in [5, 5.41) is 9.76. The second kappa shape index (κ2) is 8.19. The molecule has 27 heavy (non-hydrogen) atoms. The summed E-state index contributed by atoms with van der Waals surface area (Å²) in [7, 11) is 0. The largest absolute Gasteiger partial charge is 0.391 e. The van der Waals surface area contributed by atoms with E-state index in [4.69, 9.17) is 4.98 Å². The summed E-state index contributed by atoms with van der Waals surface area (Å²) in [6, 6.07) is 8.75. The highest BCUT2D eigenvalue weighted by Crippen LogP contribution is 2.21. The summed E-state index contributed by atoms with van der Waals surface area (Å²) in [5.41, 5.74) is 1.01. The molecular weight excluding hydrogens is 345 g/mol. The fourth-order valence-corrected chi connectivity index (χ4v) is 3.84. The summed E-state index contributed by atoms with van der Waals surface area (Å²) < 4.78 is 13.4. The van der Waals surface area contributed by atoms with E-state index in [9.17, 15) is 9.50 Å². The van der Waals surface area contributed by atoms with Gasteiger partial charge in [0.15, 0.2) is 0 Å². The van der Waals surface area contributed by atoms with Crippen molar-refractivity contribution in [2.45, 2.75) is 25.5 Å². The number of aliphatic hydroxyl groups is 1. The Bertz CT molecular complexity index is 774. The molecule has 2 aliphatic heterocycles. The van der Waals surface area contributed by atoms with Gasteiger partial charge in [0.2, 0.25) is 5.95 Å². The van der Waals surface area contributed by atoms with Crippen molar-refractivity contribution in [3.63, 3.8) is 0 Å². The van der Waals surface area contributed by atoms with E-state index in [1.54, 1.807) is 18.3 Å². The molecule has 7 heteroatoms. The smallest absolute Gasteiger partial charge is 0.227 e. The van der Waals surface area contributed by atoms with E-state index < -0.39 is 0 Å². The number of anilines is 2. The number of aliphatic hydroxyl groups excluding tert-OH is 1. The molecule has 0 saturated carbocycles. The maximum atomic E-state index is 13.4. The molecule has 144 valence electrons. The lowest BCUT2D eigenvalue weighted by Gasteiger charge is -2.23. The number of halogens is 1. The fraction of sp³-hybridized carbons (Fsp3) is 0.500. The van der Waals surface area contributed by atoms with E-state index in [1.807, 2.05) is 12.1 Å². The minimum absolute atomic E-state index is 0.179. The number of hydrogen-bond acceptors (Lipinski definition) is 6. The minimum Gasteiger partial charge on any atom is -0.391 e. The number of benzene rings is 1. The molecule has 0 radical (unpaired) electrons. The third kappa shape index (κ3) is 4.54. The highest BCUT2D eigenvalue weighted by molar-refractivity contribution is 5.44. The molecule has 0 unspecified atom stereocenters. The van der Waals surface area contributed by atoms with Gasteiger partial charge in [-0.1, -0.05) is 12.1 Å². The third-order valence-corrected chi connectivity index (χ3v) is 5.28. The second-order valence-corrected chi connectivity index (χ2v) is 7.35. The average Bonchev–Trinajstić information content (AvgIpc) is 2.97. The predicted molar refractivity (Wildman–Crippen MR) is 103 cm³/mol. The lowest BCUT2D eigenvalue weighted by molar-refractivity contribution is 0.198. The van der Waals surface area contributed by atoms with Gasteiger partial charge in [-0.15, -0.1) is 0 Å². The van der Waals surface area contributed by atoms with Crippen molar-refractivity contribution in [3.05, 3.63) is 47.9 Å². The Morgan fingerprint density at radius 2 is 2.00 bits per heavy atom. The first-order chi connectivity index (χ1) is 13.2. The van der Waals surface area contributed by atoms with Crippen molar-refractivity contribution < 1.29 is 9.50 Å². The van der Waals surface area contributed by atoms with Crippen LogP contribution in [0.4, 0.5) is 16.2 Å². The summed E-state index contributed by atoms with van der Waals surface area (Å²) in [6.07, 6.45) is 3.35. The van der Waals surface area contributed by atoms with Gasteiger partial charge in [0, 0.05) is 52.0 Å². The van der Waals surface area contributed by atoms with Crippen molar-refractivity contribution in [1.82, 2.24) is 14.9 Å². The Hall–Kier alpha value is -2.25. The van der Waals surface area contributed by atoms with Crippen LogP contribution in [-0.2, 0) is 6.54 Å². The van der Waals surface area contributed by atoms with E-state index >= 15 is 0 Å². The molecule has 2 fully saturated rings. The Morgan fingerprint density at radius 1 is 1.07 bits per heavy atom. The molecule has 3 heterocycles. The molecule has 2 saturated heterocycles. The molecule has 2 aliphatic rings. The van der Waals surface area contributed by atoms with Crippen molar-refractivity contribution in [1.29, 1.82) is 0 Å². The zero-order valence-electron chi connectivity index (χ0n) is 15.5. The van der Waals surface area contributed by atoms with Gasteiger partial charge in [0.1, 0.15) is 11.6 Å². The van der Waals surface area contributed by atoms with E-state index in [-0.39, 0.29) is 11.9 Å². The zero-order valence-corrected chi connectivity index (χ0v) is 15.5. The second-order valence-electron chi connectivity index (χ2n) is 7.35. The van der Waals surface area contributed by atoms with Gasteiger partial charge >= 0.3 is 0 Å². The standard InChI is InChI=1S/C20H26FN5O/c21-17-4-1-3-16(13-17)14-24-8-2-9-25(12-11-24)20-22-7-5-19(23-20)26-10-6-18(27)15-26/h1,3-5,7,13,18,27H,2,6,8-12,14-15H2/t18-/m0/s1. The minimum atomic E-state index is -0.266. The van der Waals surface area contributed by atoms with E-state index in [0.29, 0.717) is 6.54 Å². The lowest BCUT2D eigenvalue weighted by Crippen LogP contribution is -2.32. The molecule has 0 aliphatic carbocycles. The Morgan fingerprint density at radius 3 is 2.81 bits per heavy atom. The zero-order chi connectivity index (χ0) is 18.6. The lowest BCUT2D eigenvalue weighted by atomic mass is 10.2. The SMILES string of the molecule is O[C@H]1CCN(c2ccnc(N3CCCN(Cc4cccc(F)c4)CC3)n2)C1. The van der Waals surface area contributed by atoms with Gasteiger partial charge in [-0.3, -0.25) is 4.90 Å². The van der Waals surface area contributed by atoms with Crippen LogP contribution in [0.25, 0.3) is 0 Å². The molecular formula is C20H26FN5O. The summed E-state index contributed by atoms with van der Waals surface area (Å²) >= 11 is 0. The first-order valence-electron chi connectivity index (χ1n) is 9.65. The quantitative estimate of drug-likeness (QED) is 0.886. The Labute approximate surface area is 159 Å². The predicted octanol–water partition coefficient (Wildman–Crippen LogP) is 1.90. The van der Waals surface area contributed by atoms with Crippen LogP contribution >= 0.6 is 0 Å². The monoisotopic (exact) mass is 371 g/mol. The highest BCUT2D eigenvalue weighted by atomic mass is 19.1. The van der Waals surface area contributed by atoms with Crippen LogP contribution < -0.4 is 9.80 Å².